The van der Waals surface area contributed by atoms with Gasteiger partial charge in [-0.25, -0.2) is 0 Å². The van der Waals surface area contributed by atoms with Crippen molar-refractivity contribution in [3.05, 3.63) is 0 Å². The van der Waals surface area contributed by atoms with E-state index in [1.54, 1.807) is 0 Å². The van der Waals surface area contributed by atoms with Crippen molar-refractivity contribution in [3.63, 3.8) is 0 Å². The fourth-order valence-corrected chi connectivity index (χ4v) is 3.94. The van der Waals surface area contributed by atoms with E-state index in [2.05, 4.69) is 43.6 Å². The maximum atomic E-state index is 6.40. The van der Waals surface area contributed by atoms with Crippen LogP contribution in [0.15, 0.2) is 0 Å². The predicted octanol–water partition coefficient (Wildman–Crippen LogP) is 4.36. The first-order valence-electron chi connectivity index (χ1n) is 6.92. The second-order valence-electron chi connectivity index (χ2n) is 4.75. The van der Waals surface area contributed by atoms with Crippen LogP contribution in [-0.2, 0) is 4.43 Å². The van der Waals surface area contributed by atoms with Crippen molar-refractivity contribution < 1.29 is 4.43 Å². The Labute approximate surface area is 113 Å². The van der Waals surface area contributed by atoms with Crippen LogP contribution in [0, 0.1) is 0 Å². The van der Waals surface area contributed by atoms with Crippen molar-refractivity contribution in [1.82, 2.24) is 0 Å². The Morgan fingerprint density at radius 3 is 1.75 bits per heavy atom. The third-order valence-electron chi connectivity index (χ3n) is 3.13. The standard InChI is InChI=1S/C13H29BrOSi/c1-5-9-13(10-6-2,11-7-3)15-16-12(14)8-4/h12H,5-11,16H2,1-4H3. The number of alkyl halides is 1. The molecule has 0 fully saturated rings. The Morgan fingerprint density at radius 1 is 1.00 bits per heavy atom. The van der Waals surface area contributed by atoms with E-state index in [1.165, 1.54) is 44.9 Å². The molecule has 0 saturated heterocycles. The summed E-state index contributed by atoms with van der Waals surface area (Å²) in [5, 5.41) is 0. The van der Waals surface area contributed by atoms with Crippen LogP contribution in [0.3, 0.4) is 0 Å². The van der Waals surface area contributed by atoms with Crippen molar-refractivity contribution in [3.8, 4) is 0 Å². The molecular weight excluding hydrogens is 280 g/mol. The first kappa shape index (κ1) is 16.7. The Morgan fingerprint density at radius 2 is 1.44 bits per heavy atom. The van der Waals surface area contributed by atoms with Gasteiger partial charge >= 0.3 is 0 Å². The minimum absolute atomic E-state index is 0.214. The molecule has 0 aromatic carbocycles. The van der Waals surface area contributed by atoms with Crippen LogP contribution < -0.4 is 0 Å². The fraction of sp³-hybridized carbons (Fsp3) is 1.00. The summed E-state index contributed by atoms with van der Waals surface area (Å²) >= 11 is 3.72. The highest BCUT2D eigenvalue weighted by atomic mass is 79.9. The summed E-state index contributed by atoms with van der Waals surface area (Å²) in [4.78, 5) is 0. The smallest absolute Gasteiger partial charge is 0.175 e. The predicted molar refractivity (Wildman–Crippen MR) is 80.1 cm³/mol. The zero-order valence-corrected chi connectivity index (χ0v) is 14.5. The van der Waals surface area contributed by atoms with Gasteiger partial charge < -0.3 is 4.43 Å². The van der Waals surface area contributed by atoms with E-state index in [0.29, 0.717) is 4.45 Å². The molecule has 0 saturated carbocycles. The Balaban J connectivity index is 4.34. The molecule has 0 aliphatic rings. The zero-order chi connectivity index (χ0) is 12.4. The van der Waals surface area contributed by atoms with Crippen molar-refractivity contribution in [2.75, 3.05) is 0 Å². The Bertz CT molecular complexity index is 147. The summed E-state index contributed by atoms with van der Waals surface area (Å²) < 4.78 is 7.05. The van der Waals surface area contributed by atoms with E-state index >= 15 is 0 Å². The molecule has 0 aromatic heterocycles. The first-order valence-corrected chi connectivity index (χ1v) is 9.23. The molecule has 0 aromatic rings. The summed E-state index contributed by atoms with van der Waals surface area (Å²) in [6, 6.07) is 0. The molecule has 3 heteroatoms. The molecule has 98 valence electrons. The lowest BCUT2D eigenvalue weighted by molar-refractivity contribution is 0.0421. The summed E-state index contributed by atoms with van der Waals surface area (Å²) in [7, 11) is -0.413. The van der Waals surface area contributed by atoms with Gasteiger partial charge in [0.05, 0.1) is 5.60 Å². The van der Waals surface area contributed by atoms with Crippen LogP contribution in [0.5, 0.6) is 0 Å². The van der Waals surface area contributed by atoms with Gasteiger partial charge in [-0.05, 0) is 25.7 Å². The molecule has 0 bridgehead atoms. The van der Waals surface area contributed by atoms with Crippen LogP contribution in [0.2, 0.25) is 0 Å². The second kappa shape index (κ2) is 9.66. The topological polar surface area (TPSA) is 9.23 Å². The largest absolute Gasteiger partial charge is 0.417 e. The van der Waals surface area contributed by atoms with Gasteiger partial charge in [-0.15, -0.1) is 0 Å². The van der Waals surface area contributed by atoms with Gasteiger partial charge in [-0.3, -0.25) is 0 Å². The average molecular weight is 309 g/mol. The van der Waals surface area contributed by atoms with E-state index in [1.807, 2.05) is 0 Å². The molecule has 0 amide bonds. The normalized spacial score (nSPS) is 14.8. The number of hydrogen-bond donors (Lipinski definition) is 0. The average Bonchev–Trinajstić information content (AvgIpc) is 2.27. The van der Waals surface area contributed by atoms with Crippen molar-refractivity contribution in [2.45, 2.75) is 82.7 Å². The Kier molecular flexibility index (Phi) is 10.1. The van der Waals surface area contributed by atoms with Crippen LogP contribution in [0.25, 0.3) is 0 Å². The monoisotopic (exact) mass is 308 g/mol. The third-order valence-corrected chi connectivity index (χ3v) is 6.29. The van der Waals surface area contributed by atoms with Gasteiger partial charge in [-0.2, -0.15) is 0 Å². The zero-order valence-electron chi connectivity index (χ0n) is 11.5. The lowest BCUT2D eigenvalue weighted by Gasteiger charge is -2.35. The SMILES string of the molecule is CCCC(CCC)(CCC)O[SiH2]C(Br)CC. The molecule has 0 heterocycles. The van der Waals surface area contributed by atoms with E-state index in [9.17, 15) is 0 Å². The molecule has 0 aliphatic heterocycles. The molecule has 0 aliphatic carbocycles. The Hall–Kier alpha value is 0.657. The number of halogens is 1. The summed E-state index contributed by atoms with van der Waals surface area (Å²) in [6.07, 6.45) is 8.66. The fourth-order valence-electron chi connectivity index (χ4n) is 2.34. The van der Waals surface area contributed by atoms with Crippen LogP contribution in [-0.4, -0.2) is 19.8 Å². The van der Waals surface area contributed by atoms with Crippen LogP contribution in [0.4, 0.5) is 0 Å². The van der Waals surface area contributed by atoms with E-state index < -0.39 is 9.76 Å². The maximum absolute atomic E-state index is 6.40. The molecule has 1 unspecified atom stereocenters. The van der Waals surface area contributed by atoms with Gasteiger partial charge in [0.15, 0.2) is 9.76 Å². The lowest BCUT2D eigenvalue weighted by Crippen LogP contribution is -2.36. The summed E-state index contributed by atoms with van der Waals surface area (Å²) in [6.45, 7) is 9.06. The van der Waals surface area contributed by atoms with Crippen molar-refractivity contribution >= 4 is 25.7 Å². The highest BCUT2D eigenvalue weighted by Crippen LogP contribution is 2.30. The number of rotatable bonds is 10. The molecule has 0 N–H and O–H groups in total. The molecule has 0 radical (unpaired) electrons. The summed E-state index contributed by atoms with van der Waals surface area (Å²) in [5.41, 5.74) is 0.214. The highest BCUT2D eigenvalue weighted by Gasteiger charge is 2.28. The quantitative estimate of drug-likeness (QED) is 0.430. The first-order chi connectivity index (χ1) is 7.64. The molecule has 1 atom stereocenters. The van der Waals surface area contributed by atoms with E-state index in [0.717, 1.165) is 0 Å². The van der Waals surface area contributed by atoms with Gasteiger partial charge in [0.25, 0.3) is 0 Å². The van der Waals surface area contributed by atoms with Crippen molar-refractivity contribution in [2.24, 2.45) is 0 Å². The molecule has 0 spiro atoms. The minimum atomic E-state index is -0.413. The van der Waals surface area contributed by atoms with Gasteiger partial charge in [0.1, 0.15) is 0 Å². The van der Waals surface area contributed by atoms with Gasteiger partial charge in [0, 0.05) is 4.45 Å². The van der Waals surface area contributed by atoms with Crippen molar-refractivity contribution in [1.29, 1.82) is 0 Å². The summed E-state index contributed by atoms with van der Waals surface area (Å²) in [5.74, 6) is 0. The van der Waals surface area contributed by atoms with Crippen LogP contribution in [0.1, 0.15) is 72.6 Å². The minimum Gasteiger partial charge on any atom is -0.417 e. The highest BCUT2D eigenvalue weighted by molar-refractivity contribution is 9.10. The maximum Gasteiger partial charge on any atom is 0.175 e. The second-order valence-corrected chi connectivity index (χ2v) is 8.85. The lowest BCUT2D eigenvalue weighted by atomic mass is 9.88. The molecular formula is C13H29BrOSi. The molecule has 1 nitrogen and oxygen atoms in total. The van der Waals surface area contributed by atoms with Gasteiger partial charge in [0.2, 0.25) is 0 Å². The van der Waals surface area contributed by atoms with E-state index in [-0.39, 0.29) is 5.60 Å². The van der Waals surface area contributed by atoms with E-state index in [4.69, 9.17) is 4.43 Å². The third kappa shape index (κ3) is 6.41. The van der Waals surface area contributed by atoms with Crippen LogP contribution >= 0.6 is 15.9 Å². The van der Waals surface area contributed by atoms with Gasteiger partial charge in [-0.1, -0.05) is 62.9 Å². The molecule has 0 rings (SSSR count). The number of hydrogen-bond acceptors (Lipinski definition) is 1. The molecule has 16 heavy (non-hydrogen) atoms.